The van der Waals surface area contributed by atoms with Gasteiger partial charge in [0.15, 0.2) is 0 Å². The van der Waals surface area contributed by atoms with E-state index in [4.69, 9.17) is 4.52 Å². The molecular formula is C19H25N3O2S. The van der Waals surface area contributed by atoms with Crippen molar-refractivity contribution in [1.29, 1.82) is 0 Å². The highest BCUT2D eigenvalue weighted by Crippen LogP contribution is 2.28. The van der Waals surface area contributed by atoms with Gasteiger partial charge in [-0.15, -0.1) is 11.8 Å². The van der Waals surface area contributed by atoms with E-state index in [9.17, 15) is 4.79 Å². The molecule has 0 saturated heterocycles. The Morgan fingerprint density at radius 1 is 1.36 bits per heavy atom. The lowest BCUT2D eigenvalue weighted by molar-refractivity contribution is 0.0906. The predicted octanol–water partition coefficient (Wildman–Crippen LogP) is 4.29. The van der Waals surface area contributed by atoms with Crippen LogP contribution in [0.25, 0.3) is 0 Å². The van der Waals surface area contributed by atoms with Gasteiger partial charge in [0.2, 0.25) is 0 Å². The van der Waals surface area contributed by atoms with Gasteiger partial charge in [-0.1, -0.05) is 24.9 Å². The third-order valence-electron chi connectivity index (χ3n) is 4.98. The summed E-state index contributed by atoms with van der Waals surface area (Å²) in [7, 11) is 0. The number of nitrogens with zero attached hydrogens (tertiary/aromatic N) is 2. The summed E-state index contributed by atoms with van der Waals surface area (Å²) >= 11 is 1.55. The first-order valence-corrected chi connectivity index (χ1v) is 9.85. The molecule has 0 radical (unpaired) electrons. The van der Waals surface area contributed by atoms with Crippen molar-refractivity contribution >= 4 is 17.7 Å². The van der Waals surface area contributed by atoms with Crippen molar-refractivity contribution in [2.24, 2.45) is 5.92 Å². The molecule has 2 unspecified atom stereocenters. The summed E-state index contributed by atoms with van der Waals surface area (Å²) in [6, 6.07) is 3.94. The lowest BCUT2D eigenvalue weighted by Crippen LogP contribution is -2.41. The Morgan fingerprint density at radius 2 is 2.16 bits per heavy atom. The fourth-order valence-electron chi connectivity index (χ4n) is 3.30. The monoisotopic (exact) mass is 359 g/mol. The highest BCUT2D eigenvalue weighted by atomic mass is 32.2. The van der Waals surface area contributed by atoms with Gasteiger partial charge in [0.1, 0.15) is 10.8 Å². The molecule has 134 valence electrons. The van der Waals surface area contributed by atoms with Gasteiger partial charge < -0.3 is 9.84 Å². The van der Waals surface area contributed by atoms with E-state index in [0.717, 1.165) is 28.5 Å². The van der Waals surface area contributed by atoms with E-state index in [1.54, 1.807) is 18.0 Å². The van der Waals surface area contributed by atoms with E-state index in [2.05, 4.69) is 22.4 Å². The zero-order valence-corrected chi connectivity index (χ0v) is 15.9. The highest BCUT2D eigenvalue weighted by molar-refractivity contribution is 7.98. The van der Waals surface area contributed by atoms with Crippen LogP contribution in [0.15, 0.2) is 27.9 Å². The Labute approximate surface area is 153 Å². The maximum absolute atomic E-state index is 12.8. The van der Waals surface area contributed by atoms with Crippen molar-refractivity contribution in [1.82, 2.24) is 15.5 Å². The molecule has 0 aliphatic heterocycles. The molecule has 1 saturated carbocycles. The summed E-state index contributed by atoms with van der Waals surface area (Å²) in [6.45, 7) is 6.07. The Hall–Kier alpha value is -1.82. The molecule has 1 aliphatic rings. The quantitative estimate of drug-likeness (QED) is 0.807. The van der Waals surface area contributed by atoms with Crippen molar-refractivity contribution in [2.45, 2.75) is 63.3 Å². The van der Waals surface area contributed by atoms with Crippen LogP contribution in [-0.2, 0) is 5.75 Å². The molecular weight excluding hydrogens is 334 g/mol. The van der Waals surface area contributed by atoms with Crippen LogP contribution in [0.3, 0.4) is 0 Å². The van der Waals surface area contributed by atoms with Crippen LogP contribution in [0.4, 0.5) is 0 Å². The topological polar surface area (TPSA) is 68.0 Å². The molecule has 2 atom stereocenters. The second kappa shape index (κ2) is 8.04. The normalized spacial score (nSPS) is 20.4. The Bertz CT molecular complexity index is 725. The van der Waals surface area contributed by atoms with Crippen molar-refractivity contribution in [3.8, 4) is 0 Å². The van der Waals surface area contributed by atoms with E-state index in [0.29, 0.717) is 17.2 Å². The Balaban J connectivity index is 1.70. The average Bonchev–Trinajstić information content (AvgIpc) is 2.93. The molecule has 2 heterocycles. The smallest absolute Gasteiger partial charge is 0.254 e. The maximum Gasteiger partial charge on any atom is 0.254 e. The molecule has 0 aromatic carbocycles. The highest BCUT2D eigenvalue weighted by Gasteiger charge is 2.24. The van der Waals surface area contributed by atoms with E-state index in [-0.39, 0.29) is 11.9 Å². The minimum Gasteiger partial charge on any atom is -0.361 e. The van der Waals surface area contributed by atoms with Gasteiger partial charge in [0.05, 0.1) is 11.3 Å². The zero-order chi connectivity index (χ0) is 17.8. The molecule has 0 spiro atoms. The maximum atomic E-state index is 12.8. The lowest BCUT2D eigenvalue weighted by Gasteiger charge is -2.29. The number of pyridine rings is 1. The fraction of sp³-hybridized carbons (Fsp3) is 0.526. The summed E-state index contributed by atoms with van der Waals surface area (Å²) in [6.07, 6.45) is 6.44. The molecule has 1 amide bonds. The number of thioether (sulfide) groups is 1. The van der Waals surface area contributed by atoms with Gasteiger partial charge in [0.25, 0.3) is 5.91 Å². The third-order valence-corrected chi connectivity index (χ3v) is 6.01. The number of hydrogen-bond donors (Lipinski definition) is 1. The van der Waals surface area contributed by atoms with Crippen LogP contribution < -0.4 is 5.32 Å². The molecule has 5 nitrogen and oxygen atoms in total. The number of nitrogens with one attached hydrogen (secondary N) is 1. The van der Waals surface area contributed by atoms with Crippen LogP contribution >= 0.6 is 11.8 Å². The van der Waals surface area contributed by atoms with E-state index < -0.39 is 0 Å². The summed E-state index contributed by atoms with van der Waals surface area (Å²) in [5, 5.41) is 7.95. The van der Waals surface area contributed by atoms with Crippen molar-refractivity contribution < 1.29 is 9.32 Å². The summed E-state index contributed by atoms with van der Waals surface area (Å²) in [5.74, 6) is 2.03. The van der Waals surface area contributed by atoms with Gasteiger partial charge in [0, 0.05) is 23.6 Å². The molecule has 2 aromatic rings. The summed E-state index contributed by atoms with van der Waals surface area (Å²) in [5.41, 5.74) is 2.61. The first kappa shape index (κ1) is 18.0. The molecule has 1 aliphatic carbocycles. The number of amides is 1. The summed E-state index contributed by atoms with van der Waals surface area (Å²) < 4.78 is 5.21. The van der Waals surface area contributed by atoms with Crippen LogP contribution in [0, 0.1) is 19.8 Å². The van der Waals surface area contributed by atoms with Gasteiger partial charge in [-0.3, -0.25) is 4.79 Å². The number of carbonyl (C=O) groups excluding carboxylic acids is 1. The van der Waals surface area contributed by atoms with Crippen LogP contribution in [0.2, 0.25) is 0 Å². The Morgan fingerprint density at radius 3 is 2.88 bits per heavy atom. The SMILES string of the molecule is Cc1noc(C)c1CSc1ncccc1C(=O)NC1CCCCC1C. The molecule has 25 heavy (non-hydrogen) atoms. The van der Waals surface area contributed by atoms with Gasteiger partial charge >= 0.3 is 0 Å². The fourth-order valence-corrected chi connectivity index (χ4v) is 4.45. The molecule has 0 bridgehead atoms. The minimum atomic E-state index is -0.0203. The molecule has 3 rings (SSSR count). The summed E-state index contributed by atoms with van der Waals surface area (Å²) in [4.78, 5) is 17.2. The van der Waals surface area contributed by atoms with E-state index in [1.165, 1.54) is 19.3 Å². The van der Waals surface area contributed by atoms with Crippen LogP contribution in [-0.4, -0.2) is 22.1 Å². The second-order valence-electron chi connectivity index (χ2n) is 6.79. The zero-order valence-electron chi connectivity index (χ0n) is 15.0. The second-order valence-corrected chi connectivity index (χ2v) is 7.75. The lowest BCUT2D eigenvalue weighted by atomic mass is 9.86. The van der Waals surface area contributed by atoms with Crippen LogP contribution in [0.5, 0.6) is 0 Å². The van der Waals surface area contributed by atoms with E-state index >= 15 is 0 Å². The molecule has 1 fully saturated rings. The third kappa shape index (κ3) is 4.24. The average molecular weight is 359 g/mol. The Kier molecular flexibility index (Phi) is 5.78. The minimum absolute atomic E-state index is 0.0203. The number of rotatable bonds is 5. The molecule has 2 aromatic heterocycles. The van der Waals surface area contributed by atoms with E-state index in [1.807, 2.05) is 26.0 Å². The van der Waals surface area contributed by atoms with Gasteiger partial charge in [-0.25, -0.2) is 4.98 Å². The number of hydrogen-bond acceptors (Lipinski definition) is 5. The first-order valence-electron chi connectivity index (χ1n) is 8.86. The number of carbonyl (C=O) groups is 1. The number of aromatic nitrogens is 2. The standard InChI is InChI=1S/C19H25N3O2S/c1-12-7-4-5-9-17(12)21-18(23)15-8-6-10-20-19(15)25-11-16-13(2)22-24-14(16)3/h6,8,10,12,17H,4-5,7,9,11H2,1-3H3,(H,21,23). The first-order chi connectivity index (χ1) is 12.1. The van der Waals surface area contributed by atoms with Crippen molar-refractivity contribution in [3.05, 3.63) is 40.9 Å². The molecule has 1 N–H and O–H groups in total. The van der Waals surface area contributed by atoms with Crippen molar-refractivity contribution in [2.75, 3.05) is 0 Å². The van der Waals surface area contributed by atoms with Crippen LogP contribution in [0.1, 0.15) is 60.0 Å². The van der Waals surface area contributed by atoms with Gasteiger partial charge in [-0.2, -0.15) is 0 Å². The molecule has 6 heteroatoms. The largest absolute Gasteiger partial charge is 0.361 e. The van der Waals surface area contributed by atoms with Crippen molar-refractivity contribution in [3.63, 3.8) is 0 Å². The number of aryl methyl sites for hydroxylation is 2. The predicted molar refractivity (Wildman–Crippen MR) is 98.7 cm³/mol. The van der Waals surface area contributed by atoms with Gasteiger partial charge in [-0.05, 0) is 44.7 Å².